The van der Waals surface area contributed by atoms with Crippen LogP contribution in [0.1, 0.15) is 29.3 Å². The van der Waals surface area contributed by atoms with E-state index in [1.54, 1.807) is 6.92 Å². The summed E-state index contributed by atoms with van der Waals surface area (Å²) in [6, 6.07) is 3.93. The quantitative estimate of drug-likeness (QED) is 0.536. The molecule has 1 aromatic heterocycles. The fourth-order valence-electron chi connectivity index (χ4n) is 2.42. The van der Waals surface area contributed by atoms with Crippen molar-refractivity contribution >= 4 is 29.2 Å². The van der Waals surface area contributed by atoms with Crippen LogP contribution < -0.4 is 17.0 Å². The van der Waals surface area contributed by atoms with Crippen molar-refractivity contribution in [1.82, 2.24) is 9.55 Å². The number of esters is 1. The molecule has 0 unspecified atom stereocenters. The molecule has 27 heavy (non-hydrogen) atoms. The summed E-state index contributed by atoms with van der Waals surface area (Å²) in [5.74, 6) is -2.78. The number of benzene rings is 1. The van der Waals surface area contributed by atoms with E-state index >= 15 is 0 Å². The van der Waals surface area contributed by atoms with E-state index in [0.29, 0.717) is 6.42 Å². The summed E-state index contributed by atoms with van der Waals surface area (Å²) in [4.78, 5) is 49.8. The van der Waals surface area contributed by atoms with Gasteiger partial charge in [0.2, 0.25) is 5.78 Å². The molecular weight excluding hydrogens is 381 g/mol. The van der Waals surface area contributed by atoms with Gasteiger partial charge in [-0.15, -0.1) is 0 Å². The van der Waals surface area contributed by atoms with Gasteiger partial charge in [-0.25, -0.2) is 9.18 Å². The van der Waals surface area contributed by atoms with Crippen LogP contribution in [-0.2, 0) is 22.5 Å². The Morgan fingerprint density at radius 3 is 2.67 bits per heavy atom. The zero-order chi connectivity index (χ0) is 20.1. The first kappa shape index (κ1) is 20.4. The first-order valence-corrected chi connectivity index (χ1v) is 8.38. The highest BCUT2D eigenvalue weighted by Gasteiger charge is 2.21. The summed E-state index contributed by atoms with van der Waals surface area (Å²) in [7, 11) is 0. The number of nitrogen functional groups attached to an aromatic ring is 1. The molecule has 0 aliphatic carbocycles. The molecule has 10 heteroatoms. The molecule has 0 radical (unpaired) electrons. The minimum absolute atomic E-state index is 0.0469. The molecule has 1 heterocycles. The van der Waals surface area contributed by atoms with E-state index in [2.05, 4.69) is 0 Å². The predicted molar refractivity (Wildman–Crippen MR) is 96.4 cm³/mol. The number of hydrogen-bond acceptors (Lipinski definition) is 6. The highest BCUT2D eigenvalue weighted by Crippen LogP contribution is 2.19. The molecule has 1 aromatic carbocycles. The van der Waals surface area contributed by atoms with Crippen molar-refractivity contribution < 1.29 is 18.7 Å². The lowest BCUT2D eigenvalue weighted by Crippen LogP contribution is -2.37. The first-order chi connectivity index (χ1) is 12.8. The number of halogens is 2. The number of rotatable bonds is 7. The minimum Gasteiger partial charge on any atom is -0.457 e. The Morgan fingerprint density at radius 1 is 1.33 bits per heavy atom. The molecule has 0 spiro atoms. The van der Waals surface area contributed by atoms with Gasteiger partial charge >= 0.3 is 11.7 Å². The van der Waals surface area contributed by atoms with Gasteiger partial charge < -0.3 is 10.5 Å². The fourth-order valence-corrected chi connectivity index (χ4v) is 2.65. The Kier molecular flexibility index (Phi) is 6.51. The van der Waals surface area contributed by atoms with Crippen LogP contribution in [0.5, 0.6) is 0 Å². The van der Waals surface area contributed by atoms with Crippen molar-refractivity contribution in [3.63, 3.8) is 0 Å². The molecule has 0 saturated heterocycles. The van der Waals surface area contributed by atoms with E-state index < -0.39 is 47.4 Å². The van der Waals surface area contributed by atoms with Gasteiger partial charge in [-0.05, 0) is 18.6 Å². The van der Waals surface area contributed by atoms with Gasteiger partial charge in [0.15, 0.2) is 6.61 Å². The summed E-state index contributed by atoms with van der Waals surface area (Å²) in [5.41, 5.74) is 3.52. The van der Waals surface area contributed by atoms with E-state index in [1.165, 1.54) is 12.1 Å². The number of hydrogen-bond donors (Lipinski definition) is 2. The molecule has 0 saturated carbocycles. The maximum absolute atomic E-state index is 13.7. The zero-order valence-electron chi connectivity index (χ0n) is 14.4. The Bertz CT molecular complexity index is 979. The topological polar surface area (TPSA) is 124 Å². The Hall–Kier alpha value is -2.94. The molecule has 3 N–H and O–H groups in total. The first-order valence-electron chi connectivity index (χ1n) is 8.00. The van der Waals surface area contributed by atoms with Gasteiger partial charge in [0.25, 0.3) is 5.56 Å². The van der Waals surface area contributed by atoms with E-state index in [1.807, 2.05) is 4.98 Å². The van der Waals surface area contributed by atoms with Crippen LogP contribution in [0.3, 0.4) is 0 Å². The van der Waals surface area contributed by atoms with Crippen LogP contribution in [-0.4, -0.2) is 27.9 Å². The SMILES string of the molecule is CCCn1c(N)c(C(=O)COC(=O)Cc2c(F)cccc2Cl)c(=O)[nH]c1=O. The molecule has 0 fully saturated rings. The summed E-state index contributed by atoms with van der Waals surface area (Å²) < 4.78 is 19.5. The van der Waals surface area contributed by atoms with Crippen LogP contribution in [0.15, 0.2) is 27.8 Å². The summed E-state index contributed by atoms with van der Waals surface area (Å²) >= 11 is 5.83. The number of carbonyl (C=O) groups is 2. The summed E-state index contributed by atoms with van der Waals surface area (Å²) in [6.45, 7) is 1.20. The van der Waals surface area contributed by atoms with Gasteiger partial charge in [0.1, 0.15) is 17.2 Å². The molecular formula is C17H17ClFN3O5. The van der Waals surface area contributed by atoms with Crippen molar-refractivity contribution in [2.45, 2.75) is 26.3 Å². The molecule has 0 atom stereocenters. The second-order valence-electron chi connectivity index (χ2n) is 5.63. The van der Waals surface area contributed by atoms with Crippen molar-refractivity contribution in [2.75, 3.05) is 12.3 Å². The Balaban J connectivity index is 2.14. The second-order valence-corrected chi connectivity index (χ2v) is 6.04. The Labute approximate surface area is 157 Å². The number of H-pyrrole nitrogens is 1. The third-order valence-corrected chi connectivity index (χ3v) is 4.07. The molecule has 2 aromatic rings. The minimum atomic E-state index is -0.969. The molecule has 8 nitrogen and oxygen atoms in total. The third-order valence-electron chi connectivity index (χ3n) is 3.71. The third kappa shape index (κ3) is 4.62. The average Bonchev–Trinajstić information content (AvgIpc) is 2.60. The number of nitrogens with zero attached hydrogens (tertiary/aromatic N) is 1. The average molecular weight is 398 g/mol. The standard InChI is InChI=1S/C17H17ClFN3O5/c1-2-6-22-15(20)14(16(25)21-17(22)26)12(23)8-27-13(24)7-9-10(18)4-3-5-11(9)19/h3-5H,2,6-8,20H2,1H3,(H,21,25,26). The number of Topliss-reactive ketones (excluding diaryl/α,β-unsaturated/α-hetero) is 1. The van der Waals surface area contributed by atoms with Gasteiger partial charge in [-0.1, -0.05) is 24.6 Å². The monoisotopic (exact) mass is 397 g/mol. The second kappa shape index (κ2) is 8.63. The number of aromatic amines is 1. The molecule has 144 valence electrons. The summed E-state index contributed by atoms with van der Waals surface area (Å²) in [6.07, 6.45) is 0.0577. The van der Waals surface area contributed by atoms with Crippen LogP contribution in [0.4, 0.5) is 10.2 Å². The van der Waals surface area contributed by atoms with Crippen molar-refractivity contribution in [2.24, 2.45) is 0 Å². The van der Waals surface area contributed by atoms with E-state index in [9.17, 15) is 23.6 Å². The van der Waals surface area contributed by atoms with Gasteiger partial charge in [0, 0.05) is 17.1 Å². The fraction of sp³-hybridized carbons (Fsp3) is 0.294. The number of ether oxygens (including phenoxy) is 1. The lowest BCUT2D eigenvalue weighted by atomic mass is 10.1. The van der Waals surface area contributed by atoms with Crippen LogP contribution in [0.25, 0.3) is 0 Å². The van der Waals surface area contributed by atoms with Gasteiger partial charge in [0.05, 0.1) is 6.42 Å². The van der Waals surface area contributed by atoms with E-state index in [0.717, 1.165) is 10.6 Å². The maximum Gasteiger partial charge on any atom is 0.329 e. The van der Waals surface area contributed by atoms with Crippen LogP contribution in [0, 0.1) is 5.82 Å². The van der Waals surface area contributed by atoms with E-state index in [4.69, 9.17) is 22.1 Å². The predicted octanol–water partition coefficient (Wildman–Crippen LogP) is 1.29. The van der Waals surface area contributed by atoms with Gasteiger partial charge in [-0.2, -0.15) is 0 Å². The van der Waals surface area contributed by atoms with E-state index in [-0.39, 0.29) is 22.9 Å². The smallest absolute Gasteiger partial charge is 0.329 e. The number of ketones is 1. The normalized spacial score (nSPS) is 10.6. The van der Waals surface area contributed by atoms with Crippen LogP contribution >= 0.6 is 11.6 Å². The number of anilines is 1. The molecule has 0 amide bonds. The molecule has 2 rings (SSSR count). The largest absolute Gasteiger partial charge is 0.457 e. The lowest BCUT2D eigenvalue weighted by molar-refractivity contribution is -0.141. The zero-order valence-corrected chi connectivity index (χ0v) is 15.1. The van der Waals surface area contributed by atoms with Crippen molar-refractivity contribution in [3.05, 3.63) is 61.0 Å². The van der Waals surface area contributed by atoms with Crippen LogP contribution in [0.2, 0.25) is 5.02 Å². The molecule has 0 aliphatic rings. The molecule has 0 aliphatic heterocycles. The lowest BCUT2D eigenvalue weighted by Gasteiger charge is -2.11. The maximum atomic E-state index is 13.7. The molecule has 0 bridgehead atoms. The van der Waals surface area contributed by atoms with Crippen molar-refractivity contribution in [1.29, 1.82) is 0 Å². The Morgan fingerprint density at radius 2 is 2.04 bits per heavy atom. The van der Waals surface area contributed by atoms with Crippen molar-refractivity contribution in [3.8, 4) is 0 Å². The highest BCUT2D eigenvalue weighted by molar-refractivity contribution is 6.31. The van der Waals surface area contributed by atoms with Gasteiger partial charge in [-0.3, -0.25) is 23.9 Å². The number of nitrogens with two attached hydrogens (primary N) is 1. The summed E-state index contributed by atoms with van der Waals surface area (Å²) in [5, 5.41) is 0.0469. The highest BCUT2D eigenvalue weighted by atomic mass is 35.5. The number of aromatic nitrogens is 2. The number of carbonyl (C=O) groups excluding carboxylic acids is 2. The number of nitrogens with one attached hydrogen (secondary N) is 1.